The van der Waals surface area contributed by atoms with E-state index in [1.165, 1.54) is 0 Å². The summed E-state index contributed by atoms with van der Waals surface area (Å²) < 4.78 is 11.3. The molecule has 6 rings (SSSR count). The van der Waals surface area contributed by atoms with Crippen molar-refractivity contribution in [2.24, 2.45) is 0 Å². The zero-order chi connectivity index (χ0) is 32.6. The molecule has 0 saturated carbocycles. The summed E-state index contributed by atoms with van der Waals surface area (Å²) in [6, 6.07) is 20.6. The summed E-state index contributed by atoms with van der Waals surface area (Å²) in [4.78, 5) is 29.1. The third kappa shape index (κ3) is 6.95. The smallest absolute Gasteiger partial charge is 0.410 e. The standard InChI is InChI=1S/C36H44N6O4/c1-35(2,3)45-33(43)41-19-7-9-31(41)29-21-27(37-39-29)25-15-11-23(12-16-25)24-13-17-26(18-14-24)28-22-30(40-38-28)32-10-8-20-42(32)34(44)46-36(4,5)6/h11-18,21-22,31-32H,7-10,19-20H2,1-6H3,(H,37,39)(H,38,40)/t31-,32+. The van der Waals surface area contributed by atoms with Crippen molar-refractivity contribution >= 4 is 12.2 Å². The first kappa shape index (κ1) is 31.4. The minimum Gasteiger partial charge on any atom is -0.444 e. The summed E-state index contributed by atoms with van der Waals surface area (Å²) >= 11 is 0. The predicted molar refractivity (Wildman–Crippen MR) is 177 cm³/mol. The van der Waals surface area contributed by atoms with Crippen LogP contribution in [0.5, 0.6) is 0 Å². The monoisotopic (exact) mass is 624 g/mol. The number of benzene rings is 2. The number of amides is 2. The van der Waals surface area contributed by atoms with Crippen LogP contribution in [0, 0.1) is 0 Å². The maximum absolute atomic E-state index is 12.8. The van der Waals surface area contributed by atoms with Gasteiger partial charge in [-0.15, -0.1) is 0 Å². The number of aromatic amines is 2. The Labute approximate surface area is 270 Å². The molecule has 2 saturated heterocycles. The van der Waals surface area contributed by atoms with Crippen molar-refractivity contribution in [1.29, 1.82) is 0 Å². The summed E-state index contributed by atoms with van der Waals surface area (Å²) in [5.41, 5.74) is 6.72. The predicted octanol–water partition coefficient (Wildman–Crippen LogP) is 8.28. The molecule has 242 valence electrons. The first-order chi connectivity index (χ1) is 21.8. The van der Waals surface area contributed by atoms with Gasteiger partial charge in [-0.2, -0.15) is 10.2 Å². The van der Waals surface area contributed by atoms with Gasteiger partial charge in [0.2, 0.25) is 0 Å². The van der Waals surface area contributed by atoms with Crippen molar-refractivity contribution in [3.63, 3.8) is 0 Å². The molecular weight excluding hydrogens is 580 g/mol. The van der Waals surface area contributed by atoms with Crippen LogP contribution in [0.4, 0.5) is 9.59 Å². The summed E-state index contributed by atoms with van der Waals surface area (Å²) in [7, 11) is 0. The number of carbonyl (C=O) groups excluding carboxylic acids is 2. The molecule has 0 spiro atoms. The second kappa shape index (κ2) is 12.3. The van der Waals surface area contributed by atoms with Crippen LogP contribution >= 0.6 is 0 Å². The fourth-order valence-electron chi connectivity index (χ4n) is 6.22. The van der Waals surface area contributed by atoms with Gasteiger partial charge in [0.05, 0.1) is 34.9 Å². The van der Waals surface area contributed by atoms with Crippen molar-refractivity contribution in [2.45, 2.75) is 90.5 Å². The highest BCUT2D eigenvalue weighted by atomic mass is 16.6. The van der Waals surface area contributed by atoms with Gasteiger partial charge >= 0.3 is 12.2 Å². The number of nitrogens with zero attached hydrogens (tertiary/aromatic N) is 4. The molecule has 2 aliphatic rings. The molecule has 0 radical (unpaired) electrons. The van der Waals surface area contributed by atoms with E-state index in [0.29, 0.717) is 13.1 Å². The second-order valence-corrected chi connectivity index (χ2v) is 14.2. The van der Waals surface area contributed by atoms with Gasteiger partial charge in [-0.3, -0.25) is 20.0 Å². The third-order valence-corrected chi connectivity index (χ3v) is 8.36. The van der Waals surface area contributed by atoms with Crippen molar-refractivity contribution in [3.05, 3.63) is 72.1 Å². The molecule has 46 heavy (non-hydrogen) atoms. The second-order valence-electron chi connectivity index (χ2n) is 14.2. The first-order valence-corrected chi connectivity index (χ1v) is 16.2. The fourth-order valence-corrected chi connectivity index (χ4v) is 6.22. The quantitative estimate of drug-likeness (QED) is 0.231. The Balaban J connectivity index is 1.11. The number of likely N-dealkylation sites (tertiary alicyclic amines) is 2. The van der Waals surface area contributed by atoms with Crippen molar-refractivity contribution in [1.82, 2.24) is 30.2 Å². The number of H-pyrrole nitrogens is 2. The molecule has 0 bridgehead atoms. The number of nitrogens with one attached hydrogen (secondary N) is 2. The molecule has 0 unspecified atom stereocenters. The van der Waals surface area contributed by atoms with Crippen LogP contribution in [0.1, 0.15) is 90.7 Å². The van der Waals surface area contributed by atoms with Crippen LogP contribution in [0.25, 0.3) is 33.6 Å². The highest BCUT2D eigenvalue weighted by molar-refractivity contribution is 5.73. The normalized spacial score (nSPS) is 18.7. The molecule has 2 aromatic carbocycles. The summed E-state index contributed by atoms with van der Waals surface area (Å²) in [5.74, 6) is 0. The molecule has 4 aromatic rings. The average Bonchev–Trinajstić information content (AvgIpc) is 3.82. The lowest BCUT2D eigenvalue weighted by atomic mass is 10.0. The van der Waals surface area contributed by atoms with Crippen molar-refractivity contribution < 1.29 is 19.1 Å². The first-order valence-electron chi connectivity index (χ1n) is 16.2. The lowest BCUT2D eigenvalue weighted by molar-refractivity contribution is 0.0211. The minimum atomic E-state index is -0.534. The van der Waals surface area contributed by atoms with Crippen LogP contribution in [0.2, 0.25) is 0 Å². The van der Waals surface area contributed by atoms with E-state index in [1.54, 1.807) is 9.80 Å². The molecule has 4 heterocycles. The van der Waals surface area contributed by atoms with Crippen molar-refractivity contribution in [2.75, 3.05) is 13.1 Å². The van der Waals surface area contributed by atoms with Gasteiger partial charge in [0.25, 0.3) is 0 Å². The topological polar surface area (TPSA) is 116 Å². The largest absolute Gasteiger partial charge is 0.444 e. The van der Waals surface area contributed by atoms with E-state index in [-0.39, 0.29) is 24.3 Å². The Bertz CT molecular complexity index is 1550. The Morgan fingerprint density at radius 1 is 0.630 bits per heavy atom. The maximum atomic E-state index is 12.8. The van der Waals surface area contributed by atoms with E-state index in [4.69, 9.17) is 9.47 Å². The Morgan fingerprint density at radius 3 is 1.33 bits per heavy atom. The van der Waals surface area contributed by atoms with Gasteiger partial charge in [-0.05, 0) is 102 Å². The summed E-state index contributed by atoms with van der Waals surface area (Å²) in [6.07, 6.45) is 3.00. The molecule has 0 aliphatic carbocycles. The minimum absolute atomic E-state index is 0.0920. The zero-order valence-corrected chi connectivity index (χ0v) is 27.6. The molecule has 10 nitrogen and oxygen atoms in total. The maximum Gasteiger partial charge on any atom is 0.410 e. The molecule has 2 amide bonds. The van der Waals surface area contributed by atoms with Gasteiger partial charge < -0.3 is 9.47 Å². The number of hydrogen-bond acceptors (Lipinski definition) is 6. The Morgan fingerprint density at radius 2 is 0.978 bits per heavy atom. The van der Waals surface area contributed by atoms with E-state index in [2.05, 4.69) is 68.9 Å². The lowest BCUT2D eigenvalue weighted by Crippen LogP contribution is -2.36. The molecular formula is C36H44N6O4. The number of ether oxygens (including phenoxy) is 2. The third-order valence-electron chi connectivity index (χ3n) is 8.36. The van der Waals surface area contributed by atoms with E-state index in [0.717, 1.165) is 70.7 Å². The van der Waals surface area contributed by atoms with Gasteiger partial charge in [0.1, 0.15) is 11.2 Å². The van der Waals surface area contributed by atoms with E-state index < -0.39 is 11.2 Å². The summed E-state index contributed by atoms with van der Waals surface area (Å²) in [6.45, 7) is 12.6. The Kier molecular flexibility index (Phi) is 8.39. The average molecular weight is 625 g/mol. The molecule has 2 fully saturated rings. The molecule has 2 aliphatic heterocycles. The highest BCUT2D eigenvalue weighted by Gasteiger charge is 2.36. The number of rotatable bonds is 5. The molecule has 2 N–H and O–H groups in total. The van der Waals surface area contributed by atoms with Gasteiger partial charge in [0, 0.05) is 13.1 Å². The Hall–Kier alpha value is -4.60. The SMILES string of the molecule is CC(C)(C)OC(=O)N1CCC[C@@H]1c1cc(-c2ccc(-c3ccc(-c4cc([C@@H]5CCCN5C(=O)OC(C)(C)C)n[nH]4)cc3)cc2)[nH]n1. The highest BCUT2D eigenvalue weighted by Crippen LogP contribution is 2.36. The van der Waals surface area contributed by atoms with Crippen LogP contribution in [0.3, 0.4) is 0 Å². The number of hydrogen-bond donors (Lipinski definition) is 2. The van der Waals surface area contributed by atoms with Gasteiger partial charge in [0.15, 0.2) is 0 Å². The van der Waals surface area contributed by atoms with Gasteiger partial charge in [-0.1, -0.05) is 48.5 Å². The van der Waals surface area contributed by atoms with Crippen LogP contribution in [-0.2, 0) is 9.47 Å². The molecule has 2 atom stereocenters. The van der Waals surface area contributed by atoms with Gasteiger partial charge in [-0.25, -0.2) is 9.59 Å². The number of carbonyl (C=O) groups is 2. The summed E-state index contributed by atoms with van der Waals surface area (Å²) in [5, 5.41) is 15.5. The lowest BCUT2D eigenvalue weighted by Gasteiger charge is -2.27. The molecule has 2 aromatic heterocycles. The number of aromatic nitrogens is 4. The van der Waals surface area contributed by atoms with Crippen LogP contribution in [-0.4, -0.2) is 66.7 Å². The zero-order valence-electron chi connectivity index (χ0n) is 27.6. The van der Waals surface area contributed by atoms with Crippen LogP contribution in [0.15, 0.2) is 60.7 Å². The van der Waals surface area contributed by atoms with Crippen LogP contribution < -0.4 is 0 Å². The van der Waals surface area contributed by atoms with E-state index in [9.17, 15) is 9.59 Å². The van der Waals surface area contributed by atoms with E-state index >= 15 is 0 Å². The van der Waals surface area contributed by atoms with Crippen molar-refractivity contribution in [3.8, 4) is 33.6 Å². The van der Waals surface area contributed by atoms with E-state index in [1.807, 2.05) is 53.7 Å². The molecule has 10 heteroatoms. The fraction of sp³-hybridized carbons (Fsp3) is 0.444.